The van der Waals surface area contributed by atoms with E-state index < -0.39 is 0 Å². The van der Waals surface area contributed by atoms with Gasteiger partial charge in [0, 0.05) is 6.61 Å². The van der Waals surface area contributed by atoms with E-state index >= 15 is 0 Å². The zero-order valence-electron chi connectivity index (χ0n) is 7.63. The van der Waals surface area contributed by atoms with Gasteiger partial charge < -0.3 is 5.11 Å². The molecule has 2 atom stereocenters. The Bertz CT molecular complexity index is 322. The van der Waals surface area contributed by atoms with Gasteiger partial charge in [-0.1, -0.05) is 12.1 Å². The van der Waals surface area contributed by atoms with E-state index in [1.54, 1.807) is 13.0 Å². The van der Waals surface area contributed by atoms with Gasteiger partial charge in [0.15, 0.2) is 0 Å². The SMILES string of the molecule is Cc1c(F)cccc1[C@@H]1C[C@H]1CO. The molecular formula is C11H13FO. The first kappa shape index (κ1) is 8.70. The summed E-state index contributed by atoms with van der Waals surface area (Å²) in [5, 5.41) is 8.90. The molecule has 1 aliphatic rings. The molecule has 1 aromatic carbocycles. The minimum Gasteiger partial charge on any atom is -0.396 e. The summed E-state index contributed by atoms with van der Waals surface area (Å²) in [6.45, 7) is 2.03. The molecule has 1 fully saturated rings. The first-order valence-corrected chi connectivity index (χ1v) is 4.60. The maximum absolute atomic E-state index is 13.1. The number of hydrogen-bond donors (Lipinski definition) is 1. The molecule has 1 saturated carbocycles. The Morgan fingerprint density at radius 1 is 1.54 bits per heavy atom. The Morgan fingerprint density at radius 3 is 2.92 bits per heavy atom. The smallest absolute Gasteiger partial charge is 0.126 e. The molecule has 0 heterocycles. The molecule has 0 radical (unpaired) electrons. The molecule has 0 aliphatic heterocycles. The maximum Gasteiger partial charge on any atom is 0.126 e. The maximum atomic E-state index is 13.1. The molecule has 1 aromatic rings. The third-order valence-electron chi connectivity index (χ3n) is 2.87. The monoisotopic (exact) mass is 180 g/mol. The van der Waals surface area contributed by atoms with Gasteiger partial charge in [-0.05, 0) is 42.4 Å². The van der Waals surface area contributed by atoms with Crippen molar-refractivity contribution >= 4 is 0 Å². The number of aliphatic hydroxyl groups excluding tert-OH is 1. The van der Waals surface area contributed by atoms with Crippen molar-refractivity contribution in [2.24, 2.45) is 5.92 Å². The molecule has 1 nitrogen and oxygen atoms in total. The molecule has 0 aromatic heterocycles. The molecule has 0 unspecified atom stereocenters. The molecule has 0 bridgehead atoms. The van der Waals surface area contributed by atoms with Crippen molar-refractivity contribution in [1.82, 2.24) is 0 Å². The van der Waals surface area contributed by atoms with Gasteiger partial charge >= 0.3 is 0 Å². The van der Waals surface area contributed by atoms with Crippen LogP contribution in [0.15, 0.2) is 18.2 Å². The lowest BCUT2D eigenvalue weighted by Gasteiger charge is -2.04. The van der Waals surface area contributed by atoms with Crippen LogP contribution in [-0.2, 0) is 0 Å². The first-order valence-electron chi connectivity index (χ1n) is 4.60. The number of aliphatic hydroxyl groups is 1. The van der Waals surface area contributed by atoms with Gasteiger partial charge in [-0.3, -0.25) is 0 Å². The normalized spacial score (nSPS) is 26.1. The van der Waals surface area contributed by atoms with Crippen LogP contribution in [0, 0.1) is 18.7 Å². The highest BCUT2D eigenvalue weighted by Gasteiger charge is 2.38. The van der Waals surface area contributed by atoms with Crippen LogP contribution in [0.4, 0.5) is 4.39 Å². The predicted molar refractivity (Wildman–Crippen MR) is 49.1 cm³/mol. The second-order valence-corrected chi connectivity index (χ2v) is 3.74. The molecular weight excluding hydrogens is 167 g/mol. The lowest BCUT2D eigenvalue weighted by atomic mass is 10.0. The largest absolute Gasteiger partial charge is 0.396 e. The number of halogens is 1. The van der Waals surface area contributed by atoms with E-state index in [2.05, 4.69) is 0 Å². The average molecular weight is 180 g/mol. The van der Waals surface area contributed by atoms with Gasteiger partial charge in [0.05, 0.1) is 0 Å². The summed E-state index contributed by atoms with van der Waals surface area (Å²) in [6, 6.07) is 5.18. The molecule has 70 valence electrons. The molecule has 0 saturated heterocycles. The zero-order valence-corrected chi connectivity index (χ0v) is 7.63. The van der Waals surface area contributed by atoms with Crippen molar-refractivity contribution in [3.05, 3.63) is 35.1 Å². The Hall–Kier alpha value is -0.890. The fourth-order valence-electron chi connectivity index (χ4n) is 1.86. The highest BCUT2D eigenvalue weighted by atomic mass is 19.1. The third kappa shape index (κ3) is 1.46. The summed E-state index contributed by atoms with van der Waals surface area (Å²) in [7, 11) is 0. The van der Waals surface area contributed by atoms with Gasteiger partial charge in [0.2, 0.25) is 0 Å². The standard InChI is InChI=1S/C11H13FO/c1-7-9(3-2-4-11(7)12)10-5-8(10)6-13/h2-4,8,10,13H,5-6H2,1H3/t8-,10+/m0/s1. The zero-order chi connectivity index (χ0) is 9.42. The van der Waals surface area contributed by atoms with E-state index in [0.717, 1.165) is 17.5 Å². The van der Waals surface area contributed by atoms with Crippen molar-refractivity contribution in [2.75, 3.05) is 6.61 Å². The molecule has 2 rings (SSSR count). The number of benzene rings is 1. The van der Waals surface area contributed by atoms with Crippen LogP contribution >= 0.6 is 0 Å². The van der Waals surface area contributed by atoms with Gasteiger partial charge in [0.1, 0.15) is 5.82 Å². The fourth-order valence-corrected chi connectivity index (χ4v) is 1.86. The van der Waals surface area contributed by atoms with Gasteiger partial charge in [0.25, 0.3) is 0 Å². The van der Waals surface area contributed by atoms with Crippen molar-refractivity contribution in [1.29, 1.82) is 0 Å². The predicted octanol–water partition coefficient (Wildman–Crippen LogP) is 2.23. The summed E-state index contributed by atoms with van der Waals surface area (Å²) in [6.07, 6.45) is 1.00. The van der Waals surface area contributed by atoms with Gasteiger partial charge in [-0.15, -0.1) is 0 Å². The summed E-state index contributed by atoms with van der Waals surface area (Å²) >= 11 is 0. The Labute approximate surface area is 77.2 Å². The lowest BCUT2D eigenvalue weighted by Crippen LogP contribution is -1.93. The molecule has 13 heavy (non-hydrogen) atoms. The fraction of sp³-hybridized carbons (Fsp3) is 0.455. The molecule has 0 amide bonds. The molecule has 0 spiro atoms. The first-order chi connectivity index (χ1) is 6.24. The topological polar surface area (TPSA) is 20.2 Å². The molecule has 1 N–H and O–H groups in total. The summed E-state index contributed by atoms with van der Waals surface area (Å²) in [4.78, 5) is 0. The average Bonchev–Trinajstić information content (AvgIpc) is 2.89. The molecule has 2 heteroatoms. The summed E-state index contributed by atoms with van der Waals surface area (Å²) in [5.41, 5.74) is 1.81. The van der Waals surface area contributed by atoms with Crippen LogP contribution in [0.5, 0.6) is 0 Å². The summed E-state index contributed by atoms with van der Waals surface area (Å²) < 4.78 is 13.1. The highest BCUT2D eigenvalue weighted by Crippen LogP contribution is 2.48. The number of rotatable bonds is 2. The van der Waals surface area contributed by atoms with Crippen molar-refractivity contribution in [2.45, 2.75) is 19.3 Å². The van der Waals surface area contributed by atoms with Crippen LogP contribution in [0.25, 0.3) is 0 Å². The Kier molecular flexibility index (Phi) is 2.08. The quantitative estimate of drug-likeness (QED) is 0.740. The Morgan fingerprint density at radius 2 is 2.31 bits per heavy atom. The molecule has 1 aliphatic carbocycles. The highest BCUT2D eigenvalue weighted by molar-refractivity contribution is 5.34. The second kappa shape index (κ2) is 3.11. The minimum atomic E-state index is -0.138. The van der Waals surface area contributed by atoms with Gasteiger partial charge in [-0.25, -0.2) is 4.39 Å². The minimum absolute atomic E-state index is 0.138. The third-order valence-corrected chi connectivity index (χ3v) is 2.87. The van der Waals surface area contributed by atoms with E-state index in [-0.39, 0.29) is 12.4 Å². The van der Waals surface area contributed by atoms with E-state index in [9.17, 15) is 4.39 Å². The van der Waals surface area contributed by atoms with Crippen LogP contribution in [0.3, 0.4) is 0 Å². The van der Waals surface area contributed by atoms with Crippen LogP contribution in [-0.4, -0.2) is 11.7 Å². The van der Waals surface area contributed by atoms with E-state index in [1.807, 2.05) is 6.07 Å². The van der Waals surface area contributed by atoms with Crippen LogP contribution in [0.2, 0.25) is 0 Å². The van der Waals surface area contributed by atoms with Crippen LogP contribution in [0.1, 0.15) is 23.5 Å². The van der Waals surface area contributed by atoms with Crippen LogP contribution < -0.4 is 0 Å². The number of hydrogen-bond acceptors (Lipinski definition) is 1. The Balaban J connectivity index is 2.27. The van der Waals surface area contributed by atoms with Gasteiger partial charge in [-0.2, -0.15) is 0 Å². The van der Waals surface area contributed by atoms with E-state index in [4.69, 9.17) is 5.11 Å². The van der Waals surface area contributed by atoms with Crippen molar-refractivity contribution in [3.63, 3.8) is 0 Å². The van der Waals surface area contributed by atoms with E-state index in [0.29, 0.717) is 11.8 Å². The second-order valence-electron chi connectivity index (χ2n) is 3.74. The lowest BCUT2D eigenvalue weighted by molar-refractivity contribution is 0.274. The van der Waals surface area contributed by atoms with Crippen molar-refractivity contribution in [3.8, 4) is 0 Å². The van der Waals surface area contributed by atoms with Crippen molar-refractivity contribution < 1.29 is 9.50 Å². The van der Waals surface area contributed by atoms with E-state index in [1.165, 1.54) is 6.07 Å². The summed E-state index contributed by atoms with van der Waals surface area (Å²) in [5.74, 6) is 0.613.